The highest BCUT2D eigenvalue weighted by molar-refractivity contribution is 9.10. The van der Waals surface area contributed by atoms with E-state index < -0.39 is 0 Å². The van der Waals surface area contributed by atoms with Crippen LogP contribution in [0.25, 0.3) is 11.1 Å². The quantitative estimate of drug-likeness (QED) is 0.856. The van der Waals surface area contributed by atoms with E-state index in [9.17, 15) is 0 Å². The monoisotopic (exact) mass is 262 g/mol. The van der Waals surface area contributed by atoms with E-state index in [0.717, 1.165) is 15.6 Å². The van der Waals surface area contributed by atoms with E-state index >= 15 is 0 Å². The number of nitrogen functional groups attached to an aromatic ring is 1. The number of rotatable bonds is 1. The number of nitrogens with two attached hydrogens (primary N) is 1. The second kappa shape index (κ2) is 4.03. The lowest BCUT2D eigenvalue weighted by atomic mass is 10.1. The number of aryl methyl sites for hydroxylation is 1. The van der Waals surface area contributed by atoms with Gasteiger partial charge in [-0.15, -0.1) is 0 Å². The molecule has 0 spiro atoms. The summed E-state index contributed by atoms with van der Waals surface area (Å²) in [5.74, 6) is 0.557. The third-order valence-electron chi connectivity index (χ3n) is 2.25. The highest BCUT2D eigenvalue weighted by Crippen LogP contribution is 2.27. The van der Waals surface area contributed by atoms with Gasteiger partial charge in [-0.25, -0.2) is 4.98 Å². The Bertz CT molecular complexity index is 477. The second-order valence-electron chi connectivity index (χ2n) is 3.45. The van der Waals surface area contributed by atoms with Crippen molar-refractivity contribution in [2.75, 3.05) is 5.73 Å². The number of nitrogens with zero attached hydrogens (tertiary/aromatic N) is 1. The van der Waals surface area contributed by atoms with Gasteiger partial charge in [-0.3, -0.25) is 0 Å². The fourth-order valence-electron chi connectivity index (χ4n) is 1.41. The highest BCUT2D eigenvalue weighted by atomic mass is 79.9. The third-order valence-corrected chi connectivity index (χ3v) is 2.68. The minimum absolute atomic E-state index is 0.557. The summed E-state index contributed by atoms with van der Waals surface area (Å²) in [5, 5.41) is 0. The van der Waals surface area contributed by atoms with Crippen molar-refractivity contribution in [1.29, 1.82) is 0 Å². The van der Waals surface area contributed by atoms with Gasteiger partial charge >= 0.3 is 0 Å². The molecule has 0 saturated heterocycles. The topological polar surface area (TPSA) is 38.9 Å². The van der Waals surface area contributed by atoms with Crippen LogP contribution in [0, 0.1) is 6.92 Å². The highest BCUT2D eigenvalue weighted by Gasteiger charge is 2.03. The van der Waals surface area contributed by atoms with Crippen molar-refractivity contribution < 1.29 is 0 Å². The molecule has 0 unspecified atom stereocenters. The Morgan fingerprint density at radius 1 is 1.20 bits per heavy atom. The van der Waals surface area contributed by atoms with Crippen molar-refractivity contribution in [1.82, 2.24) is 4.98 Å². The molecule has 2 aromatic rings. The van der Waals surface area contributed by atoms with Crippen LogP contribution in [0.15, 0.2) is 41.0 Å². The molecule has 0 aliphatic rings. The molecule has 0 aliphatic heterocycles. The van der Waals surface area contributed by atoms with Gasteiger partial charge in [0.05, 0.1) is 0 Å². The van der Waals surface area contributed by atoms with Gasteiger partial charge in [-0.2, -0.15) is 0 Å². The van der Waals surface area contributed by atoms with Crippen molar-refractivity contribution >= 4 is 21.7 Å². The molecule has 15 heavy (non-hydrogen) atoms. The molecule has 0 amide bonds. The number of hydrogen-bond donors (Lipinski definition) is 1. The van der Waals surface area contributed by atoms with E-state index in [0.29, 0.717) is 5.82 Å². The summed E-state index contributed by atoms with van der Waals surface area (Å²) < 4.78 is 0.937. The predicted octanol–water partition coefficient (Wildman–Crippen LogP) is 3.40. The van der Waals surface area contributed by atoms with Crippen molar-refractivity contribution in [2.24, 2.45) is 0 Å². The van der Waals surface area contributed by atoms with Gasteiger partial charge < -0.3 is 5.73 Å². The van der Waals surface area contributed by atoms with Gasteiger partial charge in [0.2, 0.25) is 0 Å². The summed E-state index contributed by atoms with van der Waals surface area (Å²) in [7, 11) is 0. The molecule has 2 nitrogen and oxygen atoms in total. The van der Waals surface area contributed by atoms with E-state index in [-0.39, 0.29) is 0 Å². The molecule has 76 valence electrons. The lowest BCUT2D eigenvalue weighted by Crippen LogP contribution is -1.93. The summed E-state index contributed by atoms with van der Waals surface area (Å²) in [5.41, 5.74) is 9.12. The Hall–Kier alpha value is -1.35. The number of anilines is 1. The van der Waals surface area contributed by atoms with Crippen molar-refractivity contribution in [2.45, 2.75) is 6.92 Å². The van der Waals surface area contributed by atoms with Crippen LogP contribution < -0.4 is 5.73 Å². The molecule has 2 rings (SSSR count). The van der Waals surface area contributed by atoms with Crippen molar-refractivity contribution in [3.63, 3.8) is 0 Å². The zero-order valence-electron chi connectivity index (χ0n) is 8.37. The van der Waals surface area contributed by atoms with E-state index in [2.05, 4.69) is 52.1 Å². The molecule has 1 aromatic heterocycles. The molecular formula is C12H11BrN2. The van der Waals surface area contributed by atoms with E-state index in [1.54, 1.807) is 6.20 Å². The maximum atomic E-state index is 5.83. The van der Waals surface area contributed by atoms with Crippen LogP contribution in [-0.4, -0.2) is 4.98 Å². The first-order valence-electron chi connectivity index (χ1n) is 4.65. The average molecular weight is 263 g/mol. The number of aromatic nitrogens is 1. The fourth-order valence-corrected chi connectivity index (χ4v) is 1.75. The van der Waals surface area contributed by atoms with Gasteiger partial charge in [-0.05, 0) is 34.5 Å². The molecule has 1 aromatic carbocycles. The normalized spacial score (nSPS) is 10.3. The zero-order valence-corrected chi connectivity index (χ0v) is 9.95. The Morgan fingerprint density at radius 3 is 2.53 bits per heavy atom. The Morgan fingerprint density at radius 2 is 1.87 bits per heavy atom. The molecule has 1 heterocycles. The standard InChI is InChI=1S/C12H11BrN2/c1-8-2-4-9(5-3-8)11-6-10(13)7-15-12(11)14/h2-7H,1H3,(H2,14,15). The number of pyridine rings is 1. The second-order valence-corrected chi connectivity index (χ2v) is 4.37. The van der Waals surface area contributed by atoms with Crippen LogP contribution >= 0.6 is 15.9 Å². The summed E-state index contributed by atoms with van der Waals surface area (Å²) in [6.45, 7) is 2.06. The Kier molecular flexibility index (Phi) is 2.73. The van der Waals surface area contributed by atoms with Crippen LogP contribution in [0.3, 0.4) is 0 Å². The average Bonchev–Trinajstić information content (AvgIpc) is 2.23. The smallest absolute Gasteiger partial charge is 0.131 e. The van der Waals surface area contributed by atoms with Gasteiger partial charge in [0.1, 0.15) is 5.82 Å². The molecule has 0 atom stereocenters. The lowest BCUT2D eigenvalue weighted by Gasteiger charge is -2.05. The van der Waals surface area contributed by atoms with E-state index in [1.165, 1.54) is 5.56 Å². The molecule has 3 heteroatoms. The van der Waals surface area contributed by atoms with Crippen molar-refractivity contribution in [3.05, 3.63) is 46.6 Å². The first-order valence-corrected chi connectivity index (χ1v) is 5.44. The Balaban J connectivity index is 2.53. The number of benzene rings is 1. The third kappa shape index (κ3) is 2.18. The van der Waals surface area contributed by atoms with Crippen LogP contribution in [0.1, 0.15) is 5.56 Å². The molecule has 0 fully saturated rings. The largest absolute Gasteiger partial charge is 0.383 e. The first kappa shape index (κ1) is 10.2. The summed E-state index contributed by atoms with van der Waals surface area (Å²) >= 11 is 3.39. The zero-order chi connectivity index (χ0) is 10.8. The van der Waals surface area contributed by atoms with Gasteiger partial charge in [0.15, 0.2) is 0 Å². The van der Waals surface area contributed by atoms with Gasteiger partial charge in [0, 0.05) is 16.2 Å². The van der Waals surface area contributed by atoms with E-state index in [1.807, 2.05) is 6.07 Å². The predicted molar refractivity (Wildman–Crippen MR) is 66.5 cm³/mol. The number of hydrogen-bond acceptors (Lipinski definition) is 2. The lowest BCUT2D eigenvalue weighted by molar-refractivity contribution is 1.32. The van der Waals surface area contributed by atoms with Crippen molar-refractivity contribution in [3.8, 4) is 11.1 Å². The van der Waals surface area contributed by atoms with E-state index in [4.69, 9.17) is 5.73 Å². The summed E-state index contributed by atoms with van der Waals surface area (Å²) in [4.78, 5) is 4.11. The van der Waals surface area contributed by atoms with Crippen LogP contribution in [0.5, 0.6) is 0 Å². The molecule has 0 saturated carbocycles. The van der Waals surface area contributed by atoms with Crippen LogP contribution in [0.4, 0.5) is 5.82 Å². The SMILES string of the molecule is Cc1ccc(-c2cc(Br)cnc2N)cc1. The fraction of sp³-hybridized carbons (Fsp3) is 0.0833. The van der Waals surface area contributed by atoms with Gasteiger partial charge in [0.25, 0.3) is 0 Å². The number of halogens is 1. The molecule has 0 aliphatic carbocycles. The molecule has 0 bridgehead atoms. The van der Waals surface area contributed by atoms with Gasteiger partial charge in [-0.1, -0.05) is 29.8 Å². The summed E-state index contributed by atoms with van der Waals surface area (Å²) in [6.07, 6.45) is 1.70. The molecular weight excluding hydrogens is 252 g/mol. The minimum atomic E-state index is 0.557. The maximum Gasteiger partial charge on any atom is 0.131 e. The Labute approximate surface area is 97.3 Å². The summed E-state index contributed by atoms with van der Waals surface area (Å²) in [6, 6.07) is 10.2. The van der Waals surface area contributed by atoms with Crippen LogP contribution in [0.2, 0.25) is 0 Å². The van der Waals surface area contributed by atoms with Crippen LogP contribution in [-0.2, 0) is 0 Å². The maximum absolute atomic E-state index is 5.83. The minimum Gasteiger partial charge on any atom is -0.383 e. The molecule has 2 N–H and O–H groups in total. The first-order chi connectivity index (χ1) is 7.16. The molecule has 0 radical (unpaired) electrons.